The second-order valence-electron chi connectivity index (χ2n) is 6.60. The predicted molar refractivity (Wildman–Crippen MR) is 80.4 cm³/mol. The van der Waals surface area contributed by atoms with E-state index in [4.69, 9.17) is 9.47 Å². The molecule has 0 saturated heterocycles. The summed E-state index contributed by atoms with van der Waals surface area (Å²) >= 11 is 0. The molecule has 4 heteroatoms. The molecule has 0 bridgehead atoms. The summed E-state index contributed by atoms with van der Waals surface area (Å²) in [7, 11) is 0. The molecule has 0 amide bonds. The summed E-state index contributed by atoms with van der Waals surface area (Å²) in [5.74, 6) is 0.712. The third-order valence-electron chi connectivity index (χ3n) is 3.54. The first-order chi connectivity index (χ1) is 9.89. The minimum absolute atomic E-state index is 0.112. The number of rotatable bonds is 5. The van der Waals surface area contributed by atoms with Crippen molar-refractivity contribution in [1.29, 1.82) is 0 Å². The van der Waals surface area contributed by atoms with Crippen LogP contribution in [0.2, 0.25) is 0 Å². The van der Waals surface area contributed by atoms with Crippen LogP contribution in [-0.2, 0) is 11.3 Å². The Morgan fingerprint density at radius 1 is 1.33 bits per heavy atom. The fraction of sp³-hybridized carbons (Fsp3) is 0.588. The molecule has 1 aliphatic carbocycles. The van der Waals surface area contributed by atoms with E-state index in [0.29, 0.717) is 29.4 Å². The Balaban J connectivity index is 2.15. The van der Waals surface area contributed by atoms with Crippen LogP contribution in [-0.4, -0.2) is 23.3 Å². The Labute approximate surface area is 126 Å². The molecular weight excluding hydrogens is 268 g/mol. The summed E-state index contributed by atoms with van der Waals surface area (Å²) < 4.78 is 11.2. The van der Waals surface area contributed by atoms with Crippen molar-refractivity contribution in [2.45, 2.75) is 52.2 Å². The minimum atomic E-state index is -0.558. The quantitative estimate of drug-likeness (QED) is 0.846. The maximum atomic E-state index is 12.3. The van der Waals surface area contributed by atoms with Gasteiger partial charge in [0.2, 0.25) is 0 Å². The molecule has 1 aromatic carbocycles. The van der Waals surface area contributed by atoms with E-state index in [1.54, 1.807) is 18.2 Å². The number of hydrogen-bond acceptors (Lipinski definition) is 4. The first-order valence-electron chi connectivity index (χ1n) is 7.49. The SMILES string of the molecule is CC(C)(C)OC(=O)c1cc(CO)ccc1OCC1CCC1. The van der Waals surface area contributed by atoms with Gasteiger partial charge in [-0.25, -0.2) is 4.79 Å². The Hall–Kier alpha value is -1.55. The number of hydrogen-bond donors (Lipinski definition) is 1. The van der Waals surface area contributed by atoms with Gasteiger partial charge in [-0.1, -0.05) is 12.5 Å². The lowest BCUT2D eigenvalue weighted by Gasteiger charge is -2.26. The maximum absolute atomic E-state index is 12.3. The van der Waals surface area contributed by atoms with Gasteiger partial charge in [0.25, 0.3) is 0 Å². The van der Waals surface area contributed by atoms with Crippen LogP contribution in [0, 0.1) is 5.92 Å². The maximum Gasteiger partial charge on any atom is 0.342 e. The largest absolute Gasteiger partial charge is 0.492 e. The summed E-state index contributed by atoms with van der Waals surface area (Å²) in [6, 6.07) is 5.15. The van der Waals surface area contributed by atoms with Crippen LogP contribution in [0.25, 0.3) is 0 Å². The van der Waals surface area contributed by atoms with E-state index < -0.39 is 11.6 Å². The van der Waals surface area contributed by atoms with Gasteiger partial charge < -0.3 is 14.6 Å². The van der Waals surface area contributed by atoms with Gasteiger partial charge in [-0.05, 0) is 57.2 Å². The molecular formula is C17H24O4. The second-order valence-corrected chi connectivity index (χ2v) is 6.60. The molecule has 0 unspecified atom stereocenters. The first-order valence-corrected chi connectivity index (χ1v) is 7.49. The molecule has 116 valence electrons. The van der Waals surface area contributed by atoms with Gasteiger partial charge in [0.15, 0.2) is 0 Å². The van der Waals surface area contributed by atoms with Crippen LogP contribution < -0.4 is 4.74 Å². The van der Waals surface area contributed by atoms with Crippen molar-refractivity contribution in [1.82, 2.24) is 0 Å². The number of carbonyl (C=O) groups excluding carboxylic acids is 1. The van der Waals surface area contributed by atoms with Crippen LogP contribution >= 0.6 is 0 Å². The average Bonchev–Trinajstić information content (AvgIpc) is 2.35. The monoisotopic (exact) mass is 292 g/mol. The normalized spacial score (nSPS) is 15.4. The summed E-state index contributed by atoms with van der Waals surface area (Å²) in [4.78, 5) is 12.3. The van der Waals surface area contributed by atoms with Crippen LogP contribution in [0.3, 0.4) is 0 Å². The third-order valence-corrected chi connectivity index (χ3v) is 3.54. The molecule has 0 radical (unpaired) electrons. The molecule has 1 fully saturated rings. The van der Waals surface area contributed by atoms with Crippen molar-refractivity contribution in [3.05, 3.63) is 29.3 Å². The van der Waals surface area contributed by atoms with Crippen molar-refractivity contribution >= 4 is 5.97 Å². The lowest BCUT2D eigenvalue weighted by Crippen LogP contribution is -2.25. The van der Waals surface area contributed by atoms with E-state index in [1.165, 1.54) is 19.3 Å². The van der Waals surface area contributed by atoms with Gasteiger partial charge in [-0.3, -0.25) is 0 Å². The van der Waals surface area contributed by atoms with Crippen molar-refractivity contribution < 1.29 is 19.4 Å². The Kier molecular flexibility index (Phi) is 4.88. The summed E-state index contributed by atoms with van der Waals surface area (Å²) in [6.07, 6.45) is 3.64. The van der Waals surface area contributed by atoms with Crippen molar-refractivity contribution in [3.8, 4) is 5.75 Å². The van der Waals surface area contributed by atoms with E-state index in [0.717, 1.165) is 0 Å². The van der Waals surface area contributed by atoms with E-state index in [9.17, 15) is 9.90 Å². The molecule has 1 saturated carbocycles. The molecule has 0 heterocycles. The lowest BCUT2D eigenvalue weighted by molar-refractivity contribution is 0.00645. The first kappa shape index (κ1) is 15.8. The van der Waals surface area contributed by atoms with E-state index in [2.05, 4.69) is 0 Å². The van der Waals surface area contributed by atoms with Gasteiger partial charge in [-0.2, -0.15) is 0 Å². The van der Waals surface area contributed by atoms with Crippen LogP contribution in [0.5, 0.6) is 5.75 Å². The molecule has 0 atom stereocenters. The highest BCUT2D eigenvalue weighted by atomic mass is 16.6. The molecule has 1 N–H and O–H groups in total. The van der Waals surface area contributed by atoms with Crippen molar-refractivity contribution in [2.75, 3.05) is 6.61 Å². The smallest absolute Gasteiger partial charge is 0.342 e. The number of ether oxygens (including phenoxy) is 2. The fourth-order valence-corrected chi connectivity index (χ4v) is 2.16. The lowest BCUT2D eigenvalue weighted by atomic mass is 9.86. The van der Waals surface area contributed by atoms with Crippen LogP contribution in [0.4, 0.5) is 0 Å². The Morgan fingerprint density at radius 2 is 2.05 bits per heavy atom. The minimum Gasteiger partial charge on any atom is -0.492 e. The van der Waals surface area contributed by atoms with Crippen molar-refractivity contribution in [2.24, 2.45) is 5.92 Å². The number of esters is 1. The molecule has 0 spiro atoms. The van der Waals surface area contributed by atoms with E-state index >= 15 is 0 Å². The van der Waals surface area contributed by atoms with Gasteiger partial charge >= 0.3 is 5.97 Å². The molecule has 2 rings (SSSR count). The molecule has 4 nitrogen and oxygen atoms in total. The molecule has 21 heavy (non-hydrogen) atoms. The second kappa shape index (κ2) is 6.48. The van der Waals surface area contributed by atoms with Crippen LogP contribution in [0.1, 0.15) is 56.0 Å². The van der Waals surface area contributed by atoms with Gasteiger partial charge in [0.1, 0.15) is 16.9 Å². The van der Waals surface area contributed by atoms with Crippen molar-refractivity contribution in [3.63, 3.8) is 0 Å². The fourth-order valence-electron chi connectivity index (χ4n) is 2.16. The summed E-state index contributed by atoms with van der Waals surface area (Å²) in [5.41, 5.74) is 0.500. The third kappa shape index (κ3) is 4.46. The topological polar surface area (TPSA) is 55.8 Å². The predicted octanol–water partition coefficient (Wildman–Crippen LogP) is 3.31. The highest BCUT2D eigenvalue weighted by Gasteiger charge is 2.23. The molecule has 0 aromatic heterocycles. The van der Waals surface area contributed by atoms with E-state index in [-0.39, 0.29) is 6.61 Å². The number of benzene rings is 1. The van der Waals surface area contributed by atoms with Gasteiger partial charge in [0.05, 0.1) is 13.2 Å². The van der Waals surface area contributed by atoms with Gasteiger partial charge in [-0.15, -0.1) is 0 Å². The molecule has 0 aliphatic heterocycles. The highest BCUT2D eigenvalue weighted by Crippen LogP contribution is 2.29. The van der Waals surface area contributed by atoms with Crippen LogP contribution in [0.15, 0.2) is 18.2 Å². The average molecular weight is 292 g/mol. The zero-order valence-corrected chi connectivity index (χ0v) is 13.0. The zero-order chi connectivity index (χ0) is 15.5. The number of aliphatic hydroxyl groups is 1. The van der Waals surface area contributed by atoms with E-state index in [1.807, 2.05) is 20.8 Å². The highest BCUT2D eigenvalue weighted by molar-refractivity contribution is 5.93. The summed E-state index contributed by atoms with van der Waals surface area (Å²) in [5, 5.41) is 9.24. The Bertz CT molecular complexity index is 498. The summed E-state index contributed by atoms with van der Waals surface area (Å²) in [6.45, 7) is 6.01. The Morgan fingerprint density at radius 3 is 2.57 bits per heavy atom. The number of carbonyl (C=O) groups is 1. The standard InChI is InChI=1S/C17H24O4/c1-17(2,3)21-16(19)14-9-13(10-18)7-8-15(14)20-11-12-5-4-6-12/h7-9,12,18H,4-6,10-11H2,1-3H3. The molecule has 1 aromatic rings. The van der Waals surface area contributed by atoms with Gasteiger partial charge in [0, 0.05) is 0 Å². The molecule has 1 aliphatic rings. The zero-order valence-electron chi connectivity index (χ0n) is 13.0. The number of aliphatic hydroxyl groups excluding tert-OH is 1.